The molecule has 0 amide bonds. The van der Waals surface area contributed by atoms with E-state index in [-0.39, 0.29) is 5.84 Å². The summed E-state index contributed by atoms with van der Waals surface area (Å²) in [5.74, 6) is 0.942. The Morgan fingerprint density at radius 1 is 1.59 bits per heavy atom. The second kappa shape index (κ2) is 6.98. The van der Waals surface area contributed by atoms with Crippen LogP contribution in [0.4, 0.5) is 0 Å². The number of oxime groups is 1. The molecule has 0 bridgehead atoms. The third-order valence-corrected chi connectivity index (χ3v) is 2.64. The maximum absolute atomic E-state index is 8.37. The van der Waals surface area contributed by atoms with Gasteiger partial charge >= 0.3 is 0 Å². The van der Waals surface area contributed by atoms with Crippen molar-refractivity contribution in [3.05, 3.63) is 28.8 Å². The number of amidine groups is 1. The largest absolute Gasteiger partial charge is 0.496 e. The lowest BCUT2D eigenvalue weighted by Crippen LogP contribution is -2.22. The van der Waals surface area contributed by atoms with E-state index in [9.17, 15) is 0 Å². The molecule has 0 aliphatic rings. The molecule has 0 unspecified atom stereocenters. The molecule has 0 spiro atoms. The number of ether oxygens (including phenoxy) is 1. The fraction of sp³-hybridized carbons (Fsp3) is 0.364. The van der Waals surface area contributed by atoms with Gasteiger partial charge in [-0.3, -0.25) is 0 Å². The van der Waals surface area contributed by atoms with Gasteiger partial charge in [0.1, 0.15) is 11.6 Å². The minimum Gasteiger partial charge on any atom is -0.496 e. The number of halogens is 1. The van der Waals surface area contributed by atoms with Crippen molar-refractivity contribution >= 4 is 17.4 Å². The van der Waals surface area contributed by atoms with Crippen molar-refractivity contribution in [3.63, 3.8) is 0 Å². The molecule has 0 saturated heterocycles. The van der Waals surface area contributed by atoms with Crippen LogP contribution in [0.15, 0.2) is 23.4 Å². The van der Waals surface area contributed by atoms with Crippen molar-refractivity contribution < 1.29 is 9.94 Å². The molecule has 6 heteroatoms. The average Bonchev–Trinajstić information content (AvgIpc) is 2.35. The van der Waals surface area contributed by atoms with Gasteiger partial charge in [-0.15, -0.1) is 0 Å². The molecule has 0 radical (unpaired) electrons. The standard InChI is InChI=1S/C11H16ClN3O2/c1-17-10-4-2-3-9(12)8(10)7-14-6-5-11(13)15-16/h2-4,14,16H,5-7H2,1H3,(H2,13,15). The highest BCUT2D eigenvalue weighted by atomic mass is 35.5. The molecule has 5 nitrogen and oxygen atoms in total. The topological polar surface area (TPSA) is 79.9 Å². The molecule has 17 heavy (non-hydrogen) atoms. The smallest absolute Gasteiger partial charge is 0.140 e. The molecule has 1 aromatic rings. The number of benzene rings is 1. The lowest BCUT2D eigenvalue weighted by atomic mass is 10.2. The van der Waals surface area contributed by atoms with Crippen molar-refractivity contribution in [2.45, 2.75) is 13.0 Å². The summed E-state index contributed by atoms with van der Waals surface area (Å²) in [5.41, 5.74) is 6.25. The first kappa shape index (κ1) is 13.6. The number of nitrogens with one attached hydrogen (secondary N) is 1. The summed E-state index contributed by atoms with van der Waals surface area (Å²) in [7, 11) is 1.60. The summed E-state index contributed by atoms with van der Waals surface area (Å²) in [5, 5.41) is 15.1. The summed E-state index contributed by atoms with van der Waals surface area (Å²) in [6.45, 7) is 1.17. The van der Waals surface area contributed by atoms with Crippen LogP contribution in [-0.4, -0.2) is 24.7 Å². The second-order valence-electron chi connectivity index (χ2n) is 3.44. The van der Waals surface area contributed by atoms with E-state index in [1.54, 1.807) is 7.11 Å². The fourth-order valence-electron chi connectivity index (χ4n) is 1.38. The van der Waals surface area contributed by atoms with Gasteiger partial charge in [-0.1, -0.05) is 22.8 Å². The number of hydrogen-bond acceptors (Lipinski definition) is 4. The van der Waals surface area contributed by atoms with E-state index >= 15 is 0 Å². The van der Waals surface area contributed by atoms with E-state index in [1.165, 1.54) is 0 Å². The number of rotatable bonds is 6. The Balaban J connectivity index is 2.51. The molecule has 0 saturated carbocycles. The molecule has 1 rings (SSSR count). The van der Waals surface area contributed by atoms with Gasteiger partial charge in [0.05, 0.1) is 7.11 Å². The Hall–Kier alpha value is -1.46. The average molecular weight is 258 g/mol. The third kappa shape index (κ3) is 4.13. The summed E-state index contributed by atoms with van der Waals surface area (Å²) in [4.78, 5) is 0. The van der Waals surface area contributed by atoms with Gasteiger partial charge in [0, 0.05) is 30.1 Å². The zero-order valence-electron chi connectivity index (χ0n) is 9.61. The van der Waals surface area contributed by atoms with Crippen molar-refractivity contribution in [1.82, 2.24) is 5.32 Å². The van der Waals surface area contributed by atoms with Gasteiger partial charge in [0.25, 0.3) is 0 Å². The summed E-state index contributed by atoms with van der Waals surface area (Å²) >= 11 is 6.07. The van der Waals surface area contributed by atoms with Crippen molar-refractivity contribution in [2.75, 3.05) is 13.7 Å². The quantitative estimate of drug-likeness (QED) is 0.238. The zero-order valence-corrected chi connectivity index (χ0v) is 10.4. The molecule has 94 valence electrons. The Kier molecular flexibility index (Phi) is 5.59. The number of hydrogen-bond donors (Lipinski definition) is 3. The highest BCUT2D eigenvalue weighted by Gasteiger charge is 2.06. The second-order valence-corrected chi connectivity index (χ2v) is 3.85. The van der Waals surface area contributed by atoms with E-state index in [4.69, 9.17) is 27.3 Å². The highest BCUT2D eigenvalue weighted by molar-refractivity contribution is 6.31. The minimum atomic E-state index is 0.198. The van der Waals surface area contributed by atoms with Crippen LogP contribution < -0.4 is 15.8 Å². The predicted octanol–water partition coefficient (Wildman–Crippen LogP) is 1.57. The van der Waals surface area contributed by atoms with Gasteiger partial charge in [-0.05, 0) is 12.1 Å². The number of nitrogens with zero attached hydrogens (tertiary/aromatic N) is 1. The van der Waals surface area contributed by atoms with Crippen LogP contribution in [0.25, 0.3) is 0 Å². The Labute approximate surface area is 105 Å². The molecule has 0 aliphatic heterocycles. The van der Waals surface area contributed by atoms with Crippen molar-refractivity contribution in [3.8, 4) is 5.75 Å². The van der Waals surface area contributed by atoms with Gasteiger partial charge in [-0.25, -0.2) is 0 Å². The van der Waals surface area contributed by atoms with Gasteiger partial charge in [0.2, 0.25) is 0 Å². The molecular formula is C11H16ClN3O2. The van der Waals surface area contributed by atoms with Gasteiger partial charge in [-0.2, -0.15) is 0 Å². The van der Waals surface area contributed by atoms with E-state index < -0.39 is 0 Å². The lowest BCUT2D eigenvalue weighted by Gasteiger charge is -2.11. The number of nitrogens with two attached hydrogens (primary N) is 1. The summed E-state index contributed by atoms with van der Waals surface area (Å²) in [6, 6.07) is 5.50. The Morgan fingerprint density at radius 3 is 3.00 bits per heavy atom. The number of methoxy groups -OCH3 is 1. The van der Waals surface area contributed by atoms with Crippen molar-refractivity contribution in [1.29, 1.82) is 0 Å². The lowest BCUT2D eigenvalue weighted by molar-refractivity contribution is 0.316. The van der Waals surface area contributed by atoms with Crippen molar-refractivity contribution in [2.24, 2.45) is 10.9 Å². The minimum absolute atomic E-state index is 0.198. The first-order valence-electron chi connectivity index (χ1n) is 5.17. The maximum Gasteiger partial charge on any atom is 0.140 e. The monoisotopic (exact) mass is 257 g/mol. The predicted molar refractivity (Wildman–Crippen MR) is 67.7 cm³/mol. The molecule has 0 aromatic heterocycles. The normalized spacial score (nSPS) is 11.5. The van der Waals surface area contributed by atoms with Crippen LogP contribution in [0.5, 0.6) is 5.75 Å². The summed E-state index contributed by atoms with van der Waals surface area (Å²) in [6.07, 6.45) is 0.475. The zero-order chi connectivity index (χ0) is 12.7. The third-order valence-electron chi connectivity index (χ3n) is 2.28. The van der Waals surface area contributed by atoms with Crippen LogP contribution in [0.3, 0.4) is 0 Å². The van der Waals surface area contributed by atoms with Crippen LogP contribution in [0, 0.1) is 0 Å². The van der Waals surface area contributed by atoms with E-state index in [1.807, 2.05) is 18.2 Å². The van der Waals surface area contributed by atoms with Crippen LogP contribution in [0.1, 0.15) is 12.0 Å². The Bertz CT molecular complexity index is 396. The molecule has 0 atom stereocenters. The van der Waals surface area contributed by atoms with E-state index in [0.29, 0.717) is 24.5 Å². The SMILES string of the molecule is COc1cccc(Cl)c1CNCC/C(N)=N/O. The van der Waals surface area contributed by atoms with Crippen LogP contribution in [0.2, 0.25) is 5.02 Å². The van der Waals surface area contributed by atoms with Crippen LogP contribution >= 0.6 is 11.6 Å². The summed E-state index contributed by atoms with van der Waals surface area (Å²) < 4.78 is 5.21. The van der Waals surface area contributed by atoms with Gasteiger partial charge in [0.15, 0.2) is 0 Å². The maximum atomic E-state index is 8.37. The molecule has 4 N–H and O–H groups in total. The molecule has 0 aliphatic carbocycles. The van der Waals surface area contributed by atoms with Gasteiger partial charge < -0.3 is 21.0 Å². The first-order valence-corrected chi connectivity index (χ1v) is 5.55. The van der Waals surface area contributed by atoms with E-state index in [0.717, 1.165) is 11.3 Å². The van der Waals surface area contributed by atoms with E-state index in [2.05, 4.69) is 10.5 Å². The first-order chi connectivity index (χ1) is 8.19. The highest BCUT2D eigenvalue weighted by Crippen LogP contribution is 2.25. The molecule has 0 heterocycles. The van der Waals surface area contributed by atoms with Crippen LogP contribution in [-0.2, 0) is 6.54 Å². The molecular weight excluding hydrogens is 242 g/mol. The molecule has 0 fully saturated rings. The Morgan fingerprint density at radius 2 is 2.35 bits per heavy atom. The molecule has 1 aromatic carbocycles. The fourth-order valence-corrected chi connectivity index (χ4v) is 1.61.